The monoisotopic (exact) mass is 245 g/mol. The van der Waals surface area contributed by atoms with E-state index in [-0.39, 0.29) is 6.07 Å². The molecular formula is C8H5F6NO. The lowest BCUT2D eigenvalue weighted by molar-refractivity contribution is -0.254. The molecule has 0 aliphatic rings. The summed E-state index contributed by atoms with van der Waals surface area (Å²) in [5.74, 6) is -4.00. The summed E-state index contributed by atoms with van der Waals surface area (Å²) in [5, 5.41) is 0. The molecule has 0 unspecified atom stereocenters. The SMILES string of the molecule is Nc1cc(OC(F)(F)C(F)F)c(F)cc1F. The first-order chi connectivity index (χ1) is 7.24. The second-order valence-corrected chi connectivity index (χ2v) is 2.77. The zero-order chi connectivity index (χ0) is 12.5. The summed E-state index contributed by atoms with van der Waals surface area (Å²) in [5.41, 5.74) is 4.24. The van der Waals surface area contributed by atoms with Crippen LogP contribution in [-0.2, 0) is 0 Å². The zero-order valence-electron chi connectivity index (χ0n) is 7.49. The molecule has 0 saturated heterocycles. The van der Waals surface area contributed by atoms with Crippen LogP contribution in [0.2, 0.25) is 0 Å². The van der Waals surface area contributed by atoms with Gasteiger partial charge in [0.1, 0.15) is 5.82 Å². The Kier molecular flexibility index (Phi) is 3.20. The van der Waals surface area contributed by atoms with Crippen LogP contribution in [0.1, 0.15) is 0 Å². The van der Waals surface area contributed by atoms with Gasteiger partial charge in [0.25, 0.3) is 0 Å². The fourth-order valence-electron chi connectivity index (χ4n) is 0.814. The van der Waals surface area contributed by atoms with Crippen molar-refractivity contribution in [2.75, 3.05) is 5.73 Å². The van der Waals surface area contributed by atoms with E-state index in [1.165, 1.54) is 0 Å². The van der Waals surface area contributed by atoms with Gasteiger partial charge >= 0.3 is 12.5 Å². The molecule has 1 aromatic rings. The quantitative estimate of drug-likeness (QED) is 0.656. The molecule has 16 heavy (non-hydrogen) atoms. The average molecular weight is 245 g/mol. The van der Waals surface area contributed by atoms with Gasteiger partial charge in [-0.1, -0.05) is 0 Å². The van der Waals surface area contributed by atoms with Crippen LogP contribution < -0.4 is 10.5 Å². The number of hydrogen-bond acceptors (Lipinski definition) is 2. The summed E-state index contributed by atoms with van der Waals surface area (Å²) >= 11 is 0. The third-order valence-corrected chi connectivity index (χ3v) is 1.55. The maximum atomic E-state index is 12.8. The van der Waals surface area contributed by atoms with Crippen molar-refractivity contribution in [1.29, 1.82) is 0 Å². The number of rotatable bonds is 3. The first-order valence-corrected chi connectivity index (χ1v) is 3.83. The molecule has 0 bridgehead atoms. The Morgan fingerprint density at radius 2 is 1.69 bits per heavy atom. The highest BCUT2D eigenvalue weighted by Gasteiger charge is 2.44. The minimum Gasteiger partial charge on any atom is -0.425 e. The van der Waals surface area contributed by atoms with Gasteiger partial charge in [-0.15, -0.1) is 0 Å². The highest BCUT2D eigenvalue weighted by molar-refractivity contribution is 5.46. The van der Waals surface area contributed by atoms with Gasteiger partial charge < -0.3 is 10.5 Å². The van der Waals surface area contributed by atoms with Crippen LogP contribution in [0.15, 0.2) is 12.1 Å². The van der Waals surface area contributed by atoms with Gasteiger partial charge in [0.2, 0.25) is 0 Å². The van der Waals surface area contributed by atoms with Crippen molar-refractivity contribution in [3.63, 3.8) is 0 Å². The van der Waals surface area contributed by atoms with Gasteiger partial charge in [-0.3, -0.25) is 0 Å². The standard InChI is InChI=1S/C8H5F6NO/c9-3-1-4(10)6(2-5(3)15)16-8(13,14)7(11)12/h1-2,7H,15H2. The fraction of sp³-hybridized carbons (Fsp3) is 0.250. The smallest absolute Gasteiger partial charge is 0.425 e. The molecule has 1 aromatic carbocycles. The Labute approximate surface area is 85.6 Å². The number of anilines is 1. The molecule has 2 N–H and O–H groups in total. The normalized spacial score (nSPS) is 11.9. The van der Waals surface area contributed by atoms with Crippen LogP contribution in [0.25, 0.3) is 0 Å². The van der Waals surface area contributed by atoms with E-state index in [4.69, 9.17) is 5.73 Å². The second-order valence-electron chi connectivity index (χ2n) is 2.77. The Morgan fingerprint density at radius 1 is 1.12 bits per heavy atom. The van der Waals surface area contributed by atoms with Crippen LogP contribution in [0.3, 0.4) is 0 Å². The molecule has 0 aromatic heterocycles. The lowest BCUT2D eigenvalue weighted by atomic mass is 10.3. The Bertz CT molecular complexity index is 394. The van der Waals surface area contributed by atoms with Crippen molar-refractivity contribution in [1.82, 2.24) is 0 Å². The van der Waals surface area contributed by atoms with Crippen molar-refractivity contribution >= 4 is 5.69 Å². The topological polar surface area (TPSA) is 35.2 Å². The summed E-state index contributed by atoms with van der Waals surface area (Å²) < 4.78 is 77.0. The van der Waals surface area contributed by atoms with Crippen LogP contribution in [0, 0.1) is 11.6 Å². The van der Waals surface area contributed by atoms with E-state index in [0.717, 1.165) is 0 Å². The molecule has 0 heterocycles. The van der Waals surface area contributed by atoms with E-state index >= 15 is 0 Å². The van der Waals surface area contributed by atoms with Crippen LogP contribution in [0.4, 0.5) is 32.0 Å². The number of halogens is 6. The van der Waals surface area contributed by atoms with Crippen molar-refractivity contribution in [2.24, 2.45) is 0 Å². The Hall–Kier alpha value is -1.60. The summed E-state index contributed by atoms with van der Waals surface area (Å²) in [4.78, 5) is 0. The highest BCUT2D eigenvalue weighted by atomic mass is 19.3. The zero-order valence-corrected chi connectivity index (χ0v) is 7.49. The maximum Gasteiger partial charge on any atom is 0.461 e. The number of alkyl halides is 4. The number of nitrogens with two attached hydrogens (primary N) is 1. The van der Waals surface area contributed by atoms with Gasteiger partial charge in [0, 0.05) is 12.1 Å². The number of hydrogen-bond donors (Lipinski definition) is 1. The van der Waals surface area contributed by atoms with Crippen molar-refractivity contribution < 1.29 is 31.1 Å². The van der Waals surface area contributed by atoms with E-state index in [2.05, 4.69) is 4.74 Å². The maximum absolute atomic E-state index is 12.8. The van der Waals surface area contributed by atoms with Crippen LogP contribution in [0.5, 0.6) is 5.75 Å². The Balaban J connectivity index is 3.02. The summed E-state index contributed by atoms with van der Waals surface area (Å²) in [7, 11) is 0. The number of nitrogen functional groups attached to an aromatic ring is 1. The largest absolute Gasteiger partial charge is 0.461 e. The molecule has 0 aliphatic carbocycles. The molecule has 1 rings (SSSR count). The first kappa shape index (κ1) is 12.5. The number of benzene rings is 1. The van der Waals surface area contributed by atoms with Gasteiger partial charge in [-0.2, -0.15) is 17.6 Å². The molecule has 0 spiro atoms. The molecular weight excluding hydrogens is 240 g/mol. The first-order valence-electron chi connectivity index (χ1n) is 3.83. The predicted octanol–water partition coefficient (Wildman–Crippen LogP) is 2.78. The second kappa shape index (κ2) is 4.11. The molecule has 0 saturated carbocycles. The molecule has 0 amide bonds. The third kappa shape index (κ3) is 2.50. The van der Waals surface area contributed by atoms with Gasteiger partial charge in [-0.05, 0) is 0 Å². The molecule has 0 atom stereocenters. The molecule has 0 radical (unpaired) electrons. The van der Waals surface area contributed by atoms with E-state index in [1.807, 2.05) is 0 Å². The van der Waals surface area contributed by atoms with Gasteiger partial charge in [0.05, 0.1) is 5.69 Å². The van der Waals surface area contributed by atoms with Crippen LogP contribution >= 0.6 is 0 Å². The van der Waals surface area contributed by atoms with E-state index in [0.29, 0.717) is 6.07 Å². The average Bonchev–Trinajstić information content (AvgIpc) is 2.13. The molecule has 0 aliphatic heterocycles. The lowest BCUT2D eigenvalue weighted by Gasteiger charge is -2.17. The third-order valence-electron chi connectivity index (χ3n) is 1.55. The summed E-state index contributed by atoms with van der Waals surface area (Å²) in [6, 6.07) is 0.521. The van der Waals surface area contributed by atoms with Crippen molar-refractivity contribution in [3.05, 3.63) is 23.8 Å². The van der Waals surface area contributed by atoms with Crippen LogP contribution in [-0.4, -0.2) is 12.5 Å². The fourth-order valence-corrected chi connectivity index (χ4v) is 0.814. The van der Waals surface area contributed by atoms with E-state index < -0.39 is 35.6 Å². The lowest BCUT2D eigenvalue weighted by Crippen LogP contribution is -2.33. The highest BCUT2D eigenvalue weighted by Crippen LogP contribution is 2.31. The predicted molar refractivity (Wildman–Crippen MR) is 42.3 cm³/mol. The van der Waals surface area contributed by atoms with Gasteiger partial charge in [0.15, 0.2) is 11.6 Å². The molecule has 0 fully saturated rings. The molecule has 2 nitrogen and oxygen atoms in total. The Morgan fingerprint density at radius 3 is 2.19 bits per heavy atom. The molecule has 8 heteroatoms. The number of ether oxygens (including phenoxy) is 1. The van der Waals surface area contributed by atoms with Crippen molar-refractivity contribution in [2.45, 2.75) is 12.5 Å². The summed E-state index contributed by atoms with van der Waals surface area (Å²) in [6.07, 6.45) is -9.01. The van der Waals surface area contributed by atoms with Crippen molar-refractivity contribution in [3.8, 4) is 5.75 Å². The van der Waals surface area contributed by atoms with Gasteiger partial charge in [-0.25, -0.2) is 8.78 Å². The van der Waals surface area contributed by atoms with E-state index in [9.17, 15) is 26.3 Å². The summed E-state index contributed by atoms with van der Waals surface area (Å²) in [6.45, 7) is 0. The molecule has 90 valence electrons. The minimum absolute atomic E-state index is 0.159. The van der Waals surface area contributed by atoms with E-state index in [1.54, 1.807) is 0 Å². The minimum atomic E-state index is -4.87.